The first-order chi connectivity index (χ1) is 14.8. The number of ether oxygens (including phenoxy) is 1. The Labute approximate surface area is 192 Å². The maximum Gasteiger partial charge on any atom is 0.234 e. The van der Waals surface area contributed by atoms with Gasteiger partial charge in [0, 0.05) is 12.2 Å². The first-order valence-electron chi connectivity index (χ1n) is 10.1. The molecular formula is C23H27ClN4O2S. The molecule has 31 heavy (non-hydrogen) atoms. The lowest BCUT2D eigenvalue weighted by Crippen LogP contribution is -2.15. The molecule has 0 fully saturated rings. The molecule has 3 aromatic rings. The van der Waals surface area contributed by atoms with Crippen molar-refractivity contribution >= 4 is 35.0 Å². The van der Waals surface area contributed by atoms with Crippen LogP contribution >= 0.6 is 23.4 Å². The first kappa shape index (κ1) is 23.2. The molecule has 1 heterocycles. The molecule has 2 aromatic carbocycles. The van der Waals surface area contributed by atoms with E-state index in [2.05, 4.69) is 21.6 Å². The van der Waals surface area contributed by atoms with Crippen LogP contribution in [0, 0.1) is 20.8 Å². The Balaban J connectivity index is 1.66. The zero-order chi connectivity index (χ0) is 22.5. The minimum atomic E-state index is -0.342. The van der Waals surface area contributed by atoms with Crippen molar-refractivity contribution in [2.45, 2.75) is 52.4 Å². The summed E-state index contributed by atoms with van der Waals surface area (Å²) in [6, 6.07) is 11.6. The largest absolute Gasteiger partial charge is 0.481 e. The van der Waals surface area contributed by atoms with Crippen molar-refractivity contribution in [3.63, 3.8) is 0 Å². The molecule has 1 aromatic heterocycles. The molecule has 0 saturated carbocycles. The van der Waals surface area contributed by atoms with Crippen LogP contribution in [0.25, 0.3) is 0 Å². The van der Waals surface area contributed by atoms with Gasteiger partial charge in [0.25, 0.3) is 0 Å². The molecule has 0 aliphatic heterocycles. The highest BCUT2D eigenvalue weighted by atomic mass is 35.5. The van der Waals surface area contributed by atoms with Gasteiger partial charge in [-0.1, -0.05) is 35.5 Å². The topological polar surface area (TPSA) is 69.0 Å². The quantitative estimate of drug-likeness (QED) is 0.435. The molecule has 8 heteroatoms. The SMILES string of the molecule is CCn1c(SCC(=O)Nc2cc(C)cc(C)c2)nnc1C(C)Oc1cc(C)ccc1Cl. The van der Waals surface area contributed by atoms with E-state index in [1.807, 2.05) is 69.5 Å². The number of amides is 1. The van der Waals surface area contributed by atoms with Gasteiger partial charge in [0.15, 0.2) is 17.1 Å². The molecule has 0 aliphatic carbocycles. The summed E-state index contributed by atoms with van der Waals surface area (Å²) in [7, 11) is 0. The zero-order valence-electron chi connectivity index (χ0n) is 18.4. The Bertz CT molecular complexity index is 1060. The number of aromatic nitrogens is 3. The predicted molar refractivity (Wildman–Crippen MR) is 126 cm³/mol. The Hall–Kier alpha value is -2.51. The molecule has 0 saturated heterocycles. The highest BCUT2D eigenvalue weighted by molar-refractivity contribution is 7.99. The van der Waals surface area contributed by atoms with E-state index in [4.69, 9.17) is 16.3 Å². The van der Waals surface area contributed by atoms with Crippen LogP contribution < -0.4 is 10.1 Å². The lowest BCUT2D eigenvalue weighted by Gasteiger charge is -2.17. The van der Waals surface area contributed by atoms with Gasteiger partial charge in [-0.2, -0.15) is 0 Å². The highest BCUT2D eigenvalue weighted by Crippen LogP contribution is 2.30. The third kappa shape index (κ3) is 6.02. The first-order valence-corrected chi connectivity index (χ1v) is 11.5. The molecule has 1 N–H and O–H groups in total. The van der Waals surface area contributed by atoms with E-state index in [0.717, 1.165) is 22.4 Å². The Morgan fingerprint density at radius 1 is 1.13 bits per heavy atom. The summed E-state index contributed by atoms with van der Waals surface area (Å²) >= 11 is 7.61. The molecular weight excluding hydrogens is 432 g/mol. The average molecular weight is 459 g/mol. The lowest BCUT2D eigenvalue weighted by atomic mass is 10.1. The summed E-state index contributed by atoms with van der Waals surface area (Å²) in [5.74, 6) is 1.46. The van der Waals surface area contributed by atoms with Gasteiger partial charge in [-0.05, 0) is 75.6 Å². The van der Waals surface area contributed by atoms with Gasteiger partial charge >= 0.3 is 0 Å². The average Bonchev–Trinajstić information content (AvgIpc) is 3.11. The van der Waals surface area contributed by atoms with Crippen molar-refractivity contribution in [3.8, 4) is 5.75 Å². The standard InChI is InChI=1S/C23H27ClN4O2S/c1-6-28-22(17(5)30-20-12-14(2)7-8-19(20)24)26-27-23(28)31-13-21(29)25-18-10-15(3)9-16(4)11-18/h7-12,17H,6,13H2,1-5H3,(H,25,29). The summed E-state index contributed by atoms with van der Waals surface area (Å²) in [5, 5.41) is 12.8. The van der Waals surface area contributed by atoms with Crippen LogP contribution in [0.1, 0.15) is 42.5 Å². The smallest absolute Gasteiger partial charge is 0.234 e. The molecule has 0 radical (unpaired) electrons. The molecule has 1 atom stereocenters. The van der Waals surface area contributed by atoms with Gasteiger partial charge in [-0.3, -0.25) is 4.79 Å². The molecule has 3 rings (SSSR count). The third-order valence-corrected chi connectivity index (χ3v) is 5.93. The minimum Gasteiger partial charge on any atom is -0.481 e. The van der Waals surface area contributed by atoms with Crippen molar-refractivity contribution in [1.82, 2.24) is 14.8 Å². The van der Waals surface area contributed by atoms with E-state index in [-0.39, 0.29) is 17.8 Å². The van der Waals surface area contributed by atoms with Crippen LogP contribution in [0.4, 0.5) is 5.69 Å². The van der Waals surface area contributed by atoms with E-state index in [1.54, 1.807) is 0 Å². The van der Waals surface area contributed by atoms with E-state index < -0.39 is 0 Å². The van der Waals surface area contributed by atoms with Crippen LogP contribution in [0.15, 0.2) is 41.6 Å². The summed E-state index contributed by atoms with van der Waals surface area (Å²) in [6.07, 6.45) is -0.342. The number of nitrogens with zero attached hydrogens (tertiary/aromatic N) is 3. The summed E-state index contributed by atoms with van der Waals surface area (Å²) in [6.45, 7) is 10.6. The monoisotopic (exact) mass is 458 g/mol. The van der Waals surface area contributed by atoms with Gasteiger partial charge in [0.1, 0.15) is 5.75 Å². The van der Waals surface area contributed by atoms with Gasteiger partial charge < -0.3 is 14.6 Å². The predicted octanol–water partition coefficient (Wildman–Crippen LogP) is 5.75. The number of rotatable bonds is 8. The van der Waals surface area contributed by atoms with Crippen LogP contribution in [0.3, 0.4) is 0 Å². The van der Waals surface area contributed by atoms with Crippen LogP contribution in [-0.4, -0.2) is 26.4 Å². The van der Waals surface area contributed by atoms with Crippen molar-refractivity contribution in [2.24, 2.45) is 0 Å². The number of carbonyl (C=O) groups excluding carboxylic acids is 1. The van der Waals surface area contributed by atoms with E-state index in [1.165, 1.54) is 11.8 Å². The molecule has 164 valence electrons. The van der Waals surface area contributed by atoms with Gasteiger partial charge in [-0.15, -0.1) is 10.2 Å². The second kappa shape index (κ2) is 10.2. The molecule has 0 bridgehead atoms. The van der Waals surface area contributed by atoms with E-state index in [0.29, 0.717) is 28.3 Å². The third-order valence-electron chi connectivity index (χ3n) is 4.65. The normalized spacial score (nSPS) is 11.9. The summed E-state index contributed by atoms with van der Waals surface area (Å²) < 4.78 is 8.01. The number of aryl methyl sites for hydroxylation is 3. The Morgan fingerprint density at radius 2 is 1.84 bits per heavy atom. The second-order valence-electron chi connectivity index (χ2n) is 7.49. The van der Waals surface area contributed by atoms with Crippen molar-refractivity contribution in [3.05, 3.63) is 63.9 Å². The number of hydrogen-bond donors (Lipinski definition) is 1. The fourth-order valence-electron chi connectivity index (χ4n) is 3.32. The summed E-state index contributed by atoms with van der Waals surface area (Å²) in [5.41, 5.74) is 4.09. The zero-order valence-corrected chi connectivity index (χ0v) is 20.0. The molecule has 6 nitrogen and oxygen atoms in total. The molecule has 1 amide bonds. The van der Waals surface area contributed by atoms with Crippen LogP contribution in [0.2, 0.25) is 5.02 Å². The number of thioether (sulfide) groups is 1. The maximum absolute atomic E-state index is 12.4. The number of carbonyl (C=O) groups is 1. The van der Waals surface area contributed by atoms with Gasteiger partial charge in [0.2, 0.25) is 5.91 Å². The fourth-order valence-corrected chi connectivity index (χ4v) is 4.29. The minimum absolute atomic E-state index is 0.0851. The maximum atomic E-state index is 12.4. The van der Waals surface area contributed by atoms with Crippen molar-refractivity contribution in [2.75, 3.05) is 11.1 Å². The molecule has 0 spiro atoms. The number of nitrogens with one attached hydrogen (secondary N) is 1. The Morgan fingerprint density at radius 3 is 2.52 bits per heavy atom. The number of hydrogen-bond acceptors (Lipinski definition) is 5. The van der Waals surface area contributed by atoms with Crippen LogP contribution in [-0.2, 0) is 11.3 Å². The van der Waals surface area contributed by atoms with Crippen LogP contribution in [0.5, 0.6) is 5.75 Å². The number of benzene rings is 2. The summed E-state index contributed by atoms with van der Waals surface area (Å²) in [4.78, 5) is 12.4. The molecule has 0 aliphatic rings. The van der Waals surface area contributed by atoms with E-state index >= 15 is 0 Å². The fraction of sp³-hybridized carbons (Fsp3) is 0.348. The lowest BCUT2D eigenvalue weighted by molar-refractivity contribution is -0.113. The van der Waals surface area contributed by atoms with Crippen molar-refractivity contribution < 1.29 is 9.53 Å². The molecule has 1 unspecified atom stereocenters. The van der Waals surface area contributed by atoms with Crippen molar-refractivity contribution in [1.29, 1.82) is 0 Å². The number of halogens is 1. The second-order valence-corrected chi connectivity index (χ2v) is 8.84. The van der Waals surface area contributed by atoms with E-state index in [9.17, 15) is 4.79 Å². The Kier molecular flexibility index (Phi) is 7.62. The number of anilines is 1. The highest BCUT2D eigenvalue weighted by Gasteiger charge is 2.20. The van der Waals surface area contributed by atoms with Gasteiger partial charge in [-0.25, -0.2) is 0 Å². The van der Waals surface area contributed by atoms with Gasteiger partial charge in [0.05, 0.1) is 10.8 Å².